The van der Waals surface area contributed by atoms with Crippen molar-refractivity contribution in [1.82, 2.24) is 15.5 Å². The van der Waals surface area contributed by atoms with E-state index in [1.807, 2.05) is 13.0 Å². The number of imide groups is 1. The average molecular weight is 317 g/mol. The number of aryl methyl sites for hydroxylation is 1. The van der Waals surface area contributed by atoms with Crippen molar-refractivity contribution in [3.63, 3.8) is 0 Å². The van der Waals surface area contributed by atoms with Crippen molar-refractivity contribution in [1.29, 1.82) is 0 Å². The standard InChI is InChI=1S/C16H19N3O4/c1-10-3-4-11(9-12(10)23-2)13(20)19-7-5-16(6-8-19)14(21)17-15(22)18-16/h3-4,9H,5-8H2,1-2H3,(H2,17,18,21,22). The van der Waals surface area contributed by atoms with Crippen LogP contribution in [0.5, 0.6) is 5.75 Å². The van der Waals surface area contributed by atoms with E-state index in [1.54, 1.807) is 24.1 Å². The molecule has 1 spiro atoms. The fourth-order valence-electron chi connectivity index (χ4n) is 3.11. The molecular weight excluding hydrogens is 298 g/mol. The highest BCUT2D eigenvalue weighted by molar-refractivity contribution is 6.07. The minimum absolute atomic E-state index is 0.0946. The summed E-state index contributed by atoms with van der Waals surface area (Å²) in [4.78, 5) is 37.6. The number of piperidine rings is 1. The van der Waals surface area contributed by atoms with Gasteiger partial charge in [-0.1, -0.05) is 6.07 Å². The van der Waals surface area contributed by atoms with Crippen LogP contribution in [0.1, 0.15) is 28.8 Å². The van der Waals surface area contributed by atoms with Crippen molar-refractivity contribution in [3.8, 4) is 5.75 Å². The Morgan fingerprint density at radius 1 is 1.26 bits per heavy atom. The molecule has 1 aromatic rings. The monoisotopic (exact) mass is 317 g/mol. The largest absolute Gasteiger partial charge is 0.496 e. The van der Waals surface area contributed by atoms with Crippen LogP contribution < -0.4 is 15.4 Å². The second-order valence-electron chi connectivity index (χ2n) is 5.97. The van der Waals surface area contributed by atoms with Crippen molar-refractivity contribution in [2.75, 3.05) is 20.2 Å². The average Bonchev–Trinajstić information content (AvgIpc) is 2.81. The van der Waals surface area contributed by atoms with E-state index in [0.717, 1.165) is 5.56 Å². The third kappa shape index (κ3) is 2.62. The molecule has 7 nitrogen and oxygen atoms in total. The summed E-state index contributed by atoms with van der Waals surface area (Å²) in [5, 5.41) is 4.95. The van der Waals surface area contributed by atoms with Crippen LogP contribution in [0.3, 0.4) is 0 Å². The van der Waals surface area contributed by atoms with Crippen molar-refractivity contribution >= 4 is 17.8 Å². The number of likely N-dealkylation sites (tertiary alicyclic amines) is 1. The smallest absolute Gasteiger partial charge is 0.322 e. The van der Waals surface area contributed by atoms with Gasteiger partial charge in [-0.05, 0) is 37.5 Å². The van der Waals surface area contributed by atoms with Crippen molar-refractivity contribution in [2.24, 2.45) is 0 Å². The van der Waals surface area contributed by atoms with Crippen LogP contribution >= 0.6 is 0 Å². The summed E-state index contributed by atoms with van der Waals surface area (Å²) in [6, 6.07) is 4.89. The number of amides is 4. The normalized spacial score (nSPS) is 19.5. The van der Waals surface area contributed by atoms with Gasteiger partial charge in [0.15, 0.2) is 0 Å². The van der Waals surface area contributed by atoms with Gasteiger partial charge in [0, 0.05) is 18.7 Å². The van der Waals surface area contributed by atoms with Crippen molar-refractivity contribution in [3.05, 3.63) is 29.3 Å². The Balaban J connectivity index is 1.71. The fraction of sp³-hybridized carbons (Fsp3) is 0.438. The molecule has 122 valence electrons. The Labute approximate surface area is 134 Å². The summed E-state index contributed by atoms with van der Waals surface area (Å²) in [5.41, 5.74) is 0.661. The first-order valence-electron chi connectivity index (χ1n) is 7.53. The number of rotatable bonds is 2. The number of methoxy groups -OCH3 is 1. The summed E-state index contributed by atoms with van der Waals surface area (Å²) in [6.07, 6.45) is 0.832. The highest BCUT2D eigenvalue weighted by Crippen LogP contribution is 2.27. The molecule has 3 rings (SSSR count). The van der Waals surface area contributed by atoms with Crippen LogP contribution in [0.4, 0.5) is 4.79 Å². The number of hydrogen-bond donors (Lipinski definition) is 2. The minimum atomic E-state index is -0.862. The maximum absolute atomic E-state index is 12.6. The lowest BCUT2D eigenvalue weighted by molar-refractivity contribution is -0.125. The Bertz CT molecular complexity index is 678. The Morgan fingerprint density at radius 3 is 2.52 bits per heavy atom. The molecule has 23 heavy (non-hydrogen) atoms. The van der Waals surface area contributed by atoms with Gasteiger partial charge >= 0.3 is 6.03 Å². The van der Waals surface area contributed by atoms with Crippen LogP contribution in [-0.2, 0) is 4.79 Å². The Morgan fingerprint density at radius 2 is 1.96 bits per heavy atom. The Kier molecular flexibility index (Phi) is 3.71. The molecule has 0 atom stereocenters. The molecule has 2 aliphatic rings. The topological polar surface area (TPSA) is 87.7 Å². The van der Waals surface area contributed by atoms with E-state index in [4.69, 9.17) is 4.74 Å². The predicted molar refractivity (Wildman–Crippen MR) is 82.3 cm³/mol. The minimum Gasteiger partial charge on any atom is -0.496 e. The SMILES string of the molecule is COc1cc(C(=O)N2CCC3(CC2)NC(=O)NC3=O)ccc1C. The maximum atomic E-state index is 12.6. The molecule has 7 heteroatoms. The van der Waals surface area contributed by atoms with Crippen LogP contribution in [0.25, 0.3) is 0 Å². The van der Waals surface area contributed by atoms with Gasteiger partial charge in [-0.15, -0.1) is 0 Å². The Hall–Kier alpha value is -2.57. The molecule has 2 saturated heterocycles. The van der Waals surface area contributed by atoms with E-state index >= 15 is 0 Å². The van der Waals surface area contributed by atoms with E-state index in [2.05, 4.69) is 10.6 Å². The van der Waals surface area contributed by atoms with E-state index < -0.39 is 11.6 Å². The summed E-state index contributed by atoms with van der Waals surface area (Å²) >= 11 is 0. The summed E-state index contributed by atoms with van der Waals surface area (Å²) in [5.74, 6) is 0.279. The summed E-state index contributed by atoms with van der Waals surface area (Å²) in [7, 11) is 1.57. The first-order chi connectivity index (χ1) is 10.9. The van der Waals surface area contributed by atoms with Gasteiger partial charge in [0.1, 0.15) is 11.3 Å². The number of hydrogen-bond acceptors (Lipinski definition) is 4. The number of nitrogens with zero attached hydrogens (tertiary/aromatic N) is 1. The third-order valence-electron chi connectivity index (χ3n) is 4.57. The molecule has 1 aromatic carbocycles. The molecule has 0 aliphatic carbocycles. The van der Waals surface area contributed by atoms with Gasteiger partial charge in [0.25, 0.3) is 11.8 Å². The second-order valence-corrected chi connectivity index (χ2v) is 5.97. The van der Waals surface area contributed by atoms with Gasteiger partial charge in [0.05, 0.1) is 7.11 Å². The summed E-state index contributed by atoms with van der Waals surface area (Å²) < 4.78 is 5.25. The number of carbonyl (C=O) groups is 3. The number of carbonyl (C=O) groups excluding carboxylic acids is 3. The quantitative estimate of drug-likeness (QED) is 0.791. The molecule has 0 unspecified atom stereocenters. The molecular formula is C16H19N3O4. The van der Waals surface area contributed by atoms with Gasteiger partial charge in [-0.25, -0.2) is 4.79 Å². The number of benzene rings is 1. The maximum Gasteiger partial charge on any atom is 0.322 e. The fourth-order valence-corrected chi connectivity index (χ4v) is 3.11. The zero-order valence-electron chi connectivity index (χ0n) is 13.1. The molecule has 2 aliphatic heterocycles. The molecule has 2 N–H and O–H groups in total. The zero-order valence-corrected chi connectivity index (χ0v) is 13.1. The number of urea groups is 1. The number of nitrogens with one attached hydrogen (secondary N) is 2. The van der Waals surface area contributed by atoms with Gasteiger partial charge < -0.3 is 15.0 Å². The lowest BCUT2D eigenvalue weighted by atomic mass is 9.87. The lowest BCUT2D eigenvalue weighted by Crippen LogP contribution is -2.55. The van der Waals surface area contributed by atoms with E-state index in [1.165, 1.54) is 0 Å². The first kappa shape index (κ1) is 15.3. The van der Waals surface area contributed by atoms with Crippen molar-refractivity contribution < 1.29 is 19.1 Å². The van der Waals surface area contributed by atoms with Crippen LogP contribution in [0.2, 0.25) is 0 Å². The molecule has 4 amide bonds. The van der Waals surface area contributed by atoms with Crippen LogP contribution in [-0.4, -0.2) is 48.5 Å². The van der Waals surface area contributed by atoms with E-state index in [9.17, 15) is 14.4 Å². The molecule has 2 heterocycles. The van der Waals surface area contributed by atoms with Gasteiger partial charge in [0.2, 0.25) is 0 Å². The molecule has 0 saturated carbocycles. The summed E-state index contributed by atoms with van der Waals surface area (Å²) in [6.45, 7) is 2.75. The second kappa shape index (κ2) is 5.57. The predicted octanol–water partition coefficient (Wildman–Crippen LogP) is 0.818. The molecule has 0 bridgehead atoms. The highest BCUT2D eigenvalue weighted by Gasteiger charge is 2.48. The van der Waals surface area contributed by atoms with E-state index in [-0.39, 0.29) is 11.8 Å². The lowest BCUT2D eigenvalue weighted by Gasteiger charge is -2.37. The highest BCUT2D eigenvalue weighted by atomic mass is 16.5. The van der Waals surface area contributed by atoms with Crippen molar-refractivity contribution in [2.45, 2.75) is 25.3 Å². The van der Waals surface area contributed by atoms with Gasteiger partial charge in [-0.3, -0.25) is 14.9 Å². The molecule has 0 radical (unpaired) electrons. The molecule has 0 aromatic heterocycles. The van der Waals surface area contributed by atoms with Gasteiger partial charge in [-0.2, -0.15) is 0 Å². The zero-order chi connectivity index (χ0) is 16.6. The van der Waals surface area contributed by atoms with E-state index in [0.29, 0.717) is 37.2 Å². The number of ether oxygens (including phenoxy) is 1. The molecule has 2 fully saturated rings. The first-order valence-corrected chi connectivity index (χ1v) is 7.53. The third-order valence-corrected chi connectivity index (χ3v) is 4.57. The van der Waals surface area contributed by atoms with Crippen LogP contribution in [0, 0.1) is 6.92 Å². The van der Waals surface area contributed by atoms with Crippen LogP contribution in [0.15, 0.2) is 18.2 Å².